The van der Waals surface area contributed by atoms with Gasteiger partial charge in [-0.2, -0.15) is 0 Å². The van der Waals surface area contributed by atoms with Crippen LogP contribution in [0.1, 0.15) is 33.3 Å². The fourth-order valence-corrected chi connectivity index (χ4v) is 3.40. The first-order valence-electron chi connectivity index (χ1n) is 8.14. The molecule has 1 amide bonds. The molecule has 3 rings (SSSR count). The van der Waals surface area contributed by atoms with E-state index in [2.05, 4.69) is 53.4 Å². The largest absolute Gasteiger partial charge is 0.411 e. The highest BCUT2D eigenvalue weighted by Crippen LogP contribution is 2.29. The Morgan fingerprint density at radius 1 is 1.23 bits per heavy atom. The van der Waals surface area contributed by atoms with Crippen LogP contribution in [0.4, 0.5) is 5.13 Å². The van der Waals surface area contributed by atoms with E-state index in [9.17, 15) is 4.79 Å². The molecule has 0 radical (unpaired) electrons. The maximum absolute atomic E-state index is 12.2. The van der Waals surface area contributed by atoms with Gasteiger partial charge in [-0.05, 0) is 30.0 Å². The molecule has 0 fully saturated rings. The first-order chi connectivity index (χ1) is 12.3. The predicted octanol–water partition coefficient (Wildman–Crippen LogP) is 4.61. The second-order valence-electron chi connectivity index (χ2n) is 6.79. The van der Waals surface area contributed by atoms with Crippen LogP contribution in [-0.4, -0.2) is 26.3 Å². The van der Waals surface area contributed by atoms with Gasteiger partial charge < -0.3 is 9.73 Å². The monoisotopic (exact) mass is 388 g/mol. The molecule has 1 N–H and O–H groups in total. The molecular formula is C18H20N4O2S2. The fraction of sp³-hybridized carbons (Fsp3) is 0.333. The van der Waals surface area contributed by atoms with Crippen molar-refractivity contribution in [1.82, 2.24) is 15.2 Å². The predicted molar refractivity (Wildman–Crippen MR) is 104 cm³/mol. The Kier molecular flexibility index (Phi) is 5.43. The highest BCUT2D eigenvalue weighted by Gasteiger charge is 2.20. The number of rotatable bonds is 5. The topological polar surface area (TPSA) is 80.9 Å². The lowest BCUT2D eigenvalue weighted by Crippen LogP contribution is -2.22. The highest BCUT2D eigenvalue weighted by atomic mass is 32.2. The van der Waals surface area contributed by atoms with Gasteiger partial charge in [0.15, 0.2) is 5.13 Å². The van der Waals surface area contributed by atoms with Gasteiger partial charge in [-0.3, -0.25) is 4.79 Å². The van der Waals surface area contributed by atoms with Crippen LogP contribution in [0.25, 0.3) is 11.5 Å². The Morgan fingerprint density at radius 2 is 1.96 bits per heavy atom. The molecule has 0 unspecified atom stereocenters. The van der Waals surface area contributed by atoms with Crippen molar-refractivity contribution in [2.45, 2.75) is 43.6 Å². The maximum Gasteiger partial charge on any atom is 0.277 e. The lowest BCUT2D eigenvalue weighted by Gasteiger charge is -2.18. The summed E-state index contributed by atoms with van der Waals surface area (Å²) >= 11 is 2.60. The summed E-state index contributed by atoms with van der Waals surface area (Å²) in [6.45, 7) is 8.29. The van der Waals surface area contributed by atoms with E-state index in [0.29, 0.717) is 16.2 Å². The Bertz CT molecular complexity index is 867. The van der Waals surface area contributed by atoms with Gasteiger partial charge >= 0.3 is 0 Å². The minimum atomic E-state index is -0.379. The molecule has 3 aromatic rings. The van der Waals surface area contributed by atoms with Crippen molar-refractivity contribution in [3.63, 3.8) is 0 Å². The van der Waals surface area contributed by atoms with E-state index in [1.165, 1.54) is 28.7 Å². The lowest BCUT2D eigenvalue weighted by molar-refractivity contribution is -0.115. The van der Waals surface area contributed by atoms with Crippen LogP contribution >= 0.6 is 23.1 Å². The van der Waals surface area contributed by atoms with E-state index >= 15 is 0 Å². The van der Waals surface area contributed by atoms with Gasteiger partial charge in [-0.25, -0.2) is 4.98 Å². The summed E-state index contributed by atoms with van der Waals surface area (Å²) < 4.78 is 5.70. The van der Waals surface area contributed by atoms with Crippen molar-refractivity contribution in [3.8, 4) is 11.5 Å². The molecule has 2 heterocycles. The Balaban J connectivity index is 1.65. The molecule has 0 saturated carbocycles. The molecule has 136 valence electrons. The van der Waals surface area contributed by atoms with Crippen LogP contribution in [0.15, 0.2) is 45.5 Å². The Hall–Kier alpha value is -2.19. The van der Waals surface area contributed by atoms with Gasteiger partial charge in [0.25, 0.3) is 5.22 Å². The van der Waals surface area contributed by atoms with E-state index in [4.69, 9.17) is 4.42 Å². The number of hydrogen-bond donors (Lipinski definition) is 1. The van der Waals surface area contributed by atoms with E-state index in [0.717, 1.165) is 5.56 Å². The zero-order valence-corrected chi connectivity index (χ0v) is 16.6. The number of thioether (sulfide) groups is 1. The number of hydrogen-bond acceptors (Lipinski definition) is 7. The quantitative estimate of drug-likeness (QED) is 0.643. The highest BCUT2D eigenvalue weighted by molar-refractivity contribution is 8.00. The molecule has 0 bridgehead atoms. The maximum atomic E-state index is 12.2. The summed E-state index contributed by atoms with van der Waals surface area (Å²) in [6.07, 6.45) is 1.65. The molecule has 0 aliphatic carbocycles. The molecule has 1 aromatic carbocycles. The number of amides is 1. The molecular weight excluding hydrogens is 368 g/mol. The number of thiazole rings is 1. The second kappa shape index (κ2) is 7.59. The summed E-state index contributed by atoms with van der Waals surface area (Å²) in [5, 5.41) is 13.2. The number of aromatic nitrogens is 3. The molecule has 26 heavy (non-hydrogen) atoms. The van der Waals surface area contributed by atoms with Crippen molar-refractivity contribution in [2.24, 2.45) is 0 Å². The van der Waals surface area contributed by atoms with Gasteiger partial charge in [0.2, 0.25) is 11.8 Å². The molecule has 0 aliphatic heterocycles. The smallest absolute Gasteiger partial charge is 0.277 e. The van der Waals surface area contributed by atoms with Crippen molar-refractivity contribution in [3.05, 3.63) is 41.4 Å². The summed E-state index contributed by atoms with van der Waals surface area (Å²) in [4.78, 5) is 16.2. The summed E-state index contributed by atoms with van der Waals surface area (Å²) in [5.41, 5.74) is 2.19. The summed E-state index contributed by atoms with van der Waals surface area (Å²) in [7, 11) is 0. The average Bonchev–Trinajstić information content (AvgIpc) is 3.26. The van der Waals surface area contributed by atoms with Crippen molar-refractivity contribution < 1.29 is 9.21 Å². The van der Waals surface area contributed by atoms with Crippen molar-refractivity contribution in [1.29, 1.82) is 0 Å². The molecule has 2 aromatic heterocycles. The molecule has 0 aliphatic rings. The van der Waals surface area contributed by atoms with Crippen molar-refractivity contribution in [2.75, 3.05) is 5.32 Å². The van der Waals surface area contributed by atoms with E-state index in [-0.39, 0.29) is 16.6 Å². The zero-order valence-electron chi connectivity index (χ0n) is 15.0. The van der Waals surface area contributed by atoms with E-state index in [1.807, 2.05) is 17.5 Å². The second-order valence-corrected chi connectivity index (χ2v) is 8.97. The van der Waals surface area contributed by atoms with E-state index in [1.54, 1.807) is 13.1 Å². The molecule has 0 saturated heterocycles. The van der Waals surface area contributed by atoms with Gasteiger partial charge in [0.05, 0.1) is 5.25 Å². The Morgan fingerprint density at radius 3 is 2.58 bits per heavy atom. The first kappa shape index (κ1) is 18.6. The third-order valence-corrected chi connectivity index (χ3v) is 5.34. The zero-order chi connectivity index (χ0) is 18.7. The minimum Gasteiger partial charge on any atom is -0.411 e. The minimum absolute atomic E-state index is 0.0919. The van der Waals surface area contributed by atoms with Gasteiger partial charge in [0, 0.05) is 17.1 Å². The van der Waals surface area contributed by atoms with E-state index < -0.39 is 0 Å². The van der Waals surface area contributed by atoms with Crippen LogP contribution in [0.5, 0.6) is 0 Å². The summed E-state index contributed by atoms with van der Waals surface area (Å²) in [5.74, 6) is 0.291. The third kappa shape index (κ3) is 4.50. The molecule has 1 atom stereocenters. The van der Waals surface area contributed by atoms with Crippen LogP contribution < -0.4 is 5.32 Å². The van der Waals surface area contributed by atoms with Gasteiger partial charge in [-0.1, -0.05) is 44.7 Å². The number of benzene rings is 1. The fourth-order valence-electron chi connectivity index (χ4n) is 2.18. The molecule has 6 nitrogen and oxygen atoms in total. The van der Waals surface area contributed by atoms with Crippen molar-refractivity contribution >= 4 is 34.1 Å². The Labute approximate surface area is 160 Å². The molecule has 0 spiro atoms. The lowest BCUT2D eigenvalue weighted by atomic mass is 9.87. The first-order valence-corrected chi connectivity index (χ1v) is 9.90. The number of nitrogens with one attached hydrogen (secondary N) is 1. The summed E-state index contributed by atoms with van der Waals surface area (Å²) in [6, 6.07) is 8.08. The number of carbonyl (C=O) groups is 1. The van der Waals surface area contributed by atoms with Crippen LogP contribution in [-0.2, 0) is 10.2 Å². The van der Waals surface area contributed by atoms with Gasteiger partial charge in [0.1, 0.15) is 0 Å². The average molecular weight is 389 g/mol. The van der Waals surface area contributed by atoms with Crippen LogP contribution in [0.2, 0.25) is 0 Å². The molecule has 8 heteroatoms. The SMILES string of the molecule is C[C@H](Sc1nnc(-c2ccc(C(C)(C)C)cc2)o1)C(=O)Nc1nccs1. The number of nitrogens with zero attached hydrogens (tertiary/aromatic N) is 3. The van der Waals surface area contributed by atoms with Crippen LogP contribution in [0, 0.1) is 0 Å². The third-order valence-electron chi connectivity index (χ3n) is 3.71. The number of anilines is 1. The van der Waals surface area contributed by atoms with Crippen LogP contribution in [0.3, 0.4) is 0 Å². The van der Waals surface area contributed by atoms with Gasteiger partial charge in [-0.15, -0.1) is 21.5 Å². The number of carbonyl (C=O) groups excluding carboxylic acids is 1. The standard InChI is InChI=1S/C18H20N4O2S2/c1-11(14(23)20-16-19-9-10-25-16)26-17-22-21-15(24-17)12-5-7-13(8-6-12)18(2,3)4/h5-11H,1-4H3,(H,19,20,23)/t11-/m0/s1. The normalized spacial score (nSPS) is 12.8.